The zero-order valence-electron chi connectivity index (χ0n) is 9.69. The average Bonchev–Trinajstić information content (AvgIpc) is 2.32. The molecule has 1 rings (SSSR count). The summed E-state index contributed by atoms with van der Waals surface area (Å²) in [5.41, 5.74) is 8.22. The lowest BCUT2D eigenvalue weighted by molar-refractivity contribution is -0.183. The van der Waals surface area contributed by atoms with Crippen LogP contribution in [-0.4, -0.2) is 52.4 Å². The fraction of sp³-hybridized carbons (Fsp3) is 1.00. The molecular formula is C9H19N3O4. The predicted octanol–water partition coefficient (Wildman–Crippen LogP) is 0.193. The Bertz CT molecular complexity index is 245. The normalized spacial score (nSPS) is 38.0. The minimum absolute atomic E-state index is 0.383. The summed E-state index contributed by atoms with van der Waals surface area (Å²) in [6.45, 7) is 5.22. The molecule has 0 amide bonds. The van der Waals surface area contributed by atoms with Crippen LogP contribution in [0.4, 0.5) is 0 Å². The third-order valence-corrected chi connectivity index (χ3v) is 2.32. The molecule has 3 unspecified atom stereocenters. The number of azide groups is 1. The zero-order chi connectivity index (χ0) is 12.7. The Morgan fingerprint density at radius 2 is 1.88 bits per heavy atom. The molecule has 0 aromatic rings. The molecule has 0 aromatic carbocycles. The summed E-state index contributed by atoms with van der Waals surface area (Å²) in [6, 6.07) is -0.821. The Balaban J connectivity index is 0.00000106. The van der Waals surface area contributed by atoms with Gasteiger partial charge < -0.3 is 20.1 Å². The number of ether oxygens (including phenoxy) is 1. The van der Waals surface area contributed by atoms with E-state index in [1.807, 2.05) is 13.8 Å². The minimum Gasteiger partial charge on any atom is -0.394 e. The predicted molar refractivity (Wildman–Crippen MR) is 57.7 cm³/mol. The molecule has 0 aromatic heterocycles. The molecule has 0 spiro atoms. The number of hydrogen-bond donors (Lipinski definition) is 3. The highest BCUT2D eigenvalue weighted by molar-refractivity contribution is 4.94. The minimum atomic E-state index is -1.23. The Labute approximate surface area is 94.3 Å². The van der Waals surface area contributed by atoms with Gasteiger partial charge in [0.2, 0.25) is 0 Å². The molecular weight excluding hydrogens is 214 g/mol. The van der Waals surface area contributed by atoms with Gasteiger partial charge in [0.1, 0.15) is 12.2 Å². The van der Waals surface area contributed by atoms with Crippen LogP contribution < -0.4 is 0 Å². The maximum Gasteiger partial charge on any atom is 0.109 e. The van der Waals surface area contributed by atoms with Crippen molar-refractivity contribution < 1.29 is 20.1 Å². The fourth-order valence-electron chi connectivity index (χ4n) is 1.51. The zero-order valence-corrected chi connectivity index (χ0v) is 9.69. The van der Waals surface area contributed by atoms with Gasteiger partial charge in [0.05, 0.1) is 24.9 Å². The van der Waals surface area contributed by atoms with E-state index in [1.54, 1.807) is 6.92 Å². The summed E-state index contributed by atoms with van der Waals surface area (Å²) >= 11 is 0. The van der Waals surface area contributed by atoms with Crippen molar-refractivity contribution in [3.05, 3.63) is 10.4 Å². The van der Waals surface area contributed by atoms with Gasteiger partial charge in [-0.05, 0) is 12.5 Å². The van der Waals surface area contributed by atoms with Crippen molar-refractivity contribution >= 4 is 0 Å². The van der Waals surface area contributed by atoms with Gasteiger partial charge in [-0.15, -0.1) is 0 Å². The second kappa shape index (κ2) is 7.43. The summed E-state index contributed by atoms with van der Waals surface area (Å²) in [5, 5.41) is 31.1. The number of rotatable bonds is 2. The van der Waals surface area contributed by atoms with Crippen LogP contribution in [0.3, 0.4) is 0 Å². The van der Waals surface area contributed by atoms with Gasteiger partial charge in [0.25, 0.3) is 0 Å². The first-order chi connectivity index (χ1) is 7.61. The lowest BCUT2D eigenvalue weighted by Gasteiger charge is -2.39. The van der Waals surface area contributed by atoms with Crippen molar-refractivity contribution in [2.24, 2.45) is 5.11 Å². The van der Waals surface area contributed by atoms with Gasteiger partial charge in [-0.25, -0.2) is 0 Å². The number of nitrogens with zero attached hydrogens (tertiary/aromatic N) is 3. The quantitative estimate of drug-likeness (QED) is 0.358. The highest BCUT2D eigenvalue weighted by atomic mass is 16.5. The monoisotopic (exact) mass is 233 g/mol. The highest BCUT2D eigenvalue weighted by Crippen LogP contribution is 2.23. The van der Waals surface area contributed by atoms with Crippen LogP contribution in [0.15, 0.2) is 5.11 Å². The van der Waals surface area contributed by atoms with Gasteiger partial charge in [0, 0.05) is 4.91 Å². The van der Waals surface area contributed by atoms with E-state index in [9.17, 15) is 10.2 Å². The Kier molecular flexibility index (Phi) is 7.03. The van der Waals surface area contributed by atoms with Gasteiger partial charge in [-0.2, -0.15) is 0 Å². The fourth-order valence-corrected chi connectivity index (χ4v) is 1.51. The van der Waals surface area contributed by atoms with Crippen molar-refractivity contribution in [3.8, 4) is 0 Å². The molecule has 5 atom stereocenters. The maximum absolute atomic E-state index is 9.53. The summed E-state index contributed by atoms with van der Waals surface area (Å²) in [5.74, 6) is 0. The molecule has 7 heteroatoms. The van der Waals surface area contributed by atoms with Crippen LogP contribution in [0.25, 0.3) is 10.4 Å². The maximum atomic E-state index is 9.53. The van der Waals surface area contributed by atoms with Crippen molar-refractivity contribution in [2.45, 2.75) is 51.2 Å². The molecule has 94 valence electrons. The largest absolute Gasteiger partial charge is 0.394 e. The number of aliphatic hydroxyl groups is 3. The first-order valence-electron chi connectivity index (χ1n) is 5.28. The van der Waals surface area contributed by atoms with Crippen LogP contribution in [-0.2, 0) is 4.74 Å². The first-order valence-corrected chi connectivity index (χ1v) is 5.28. The lowest BCUT2D eigenvalue weighted by Crippen LogP contribution is -2.56. The van der Waals surface area contributed by atoms with Gasteiger partial charge in [0.15, 0.2) is 0 Å². The van der Waals surface area contributed by atoms with E-state index in [0.717, 1.165) is 0 Å². The van der Waals surface area contributed by atoms with E-state index in [2.05, 4.69) is 10.0 Å². The third kappa shape index (κ3) is 3.33. The summed E-state index contributed by atoms with van der Waals surface area (Å²) in [4.78, 5) is 2.56. The Morgan fingerprint density at radius 3 is 2.31 bits per heavy atom. The smallest absolute Gasteiger partial charge is 0.109 e. The molecule has 1 aliphatic heterocycles. The van der Waals surface area contributed by atoms with Crippen LogP contribution in [0.2, 0.25) is 0 Å². The van der Waals surface area contributed by atoms with E-state index in [0.29, 0.717) is 0 Å². The van der Waals surface area contributed by atoms with Gasteiger partial charge in [-0.3, -0.25) is 0 Å². The molecule has 0 bridgehead atoms. The third-order valence-electron chi connectivity index (χ3n) is 2.32. The SMILES string of the molecule is CC.C[C@@H]1O[C@H](CO)C(O)C(O)C1N=[N+]=[N-]. The number of aliphatic hydroxyl groups excluding tert-OH is 3. The van der Waals surface area contributed by atoms with Crippen molar-refractivity contribution in [1.82, 2.24) is 0 Å². The first kappa shape index (κ1) is 15.2. The molecule has 7 nitrogen and oxygen atoms in total. The second-order valence-corrected chi connectivity index (χ2v) is 3.24. The van der Waals surface area contributed by atoms with E-state index in [-0.39, 0.29) is 6.61 Å². The van der Waals surface area contributed by atoms with E-state index < -0.39 is 30.5 Å². The van der Waals surface area contributed by atoms with Gasteiger partial charge in [-0.1, -0.05) is 19.0 Å². The van der Waals surface area contributed by atoms with Crippen LogP contribution in [0, 0.1) is 0 Å². The number of hydrogen-bond acceptors (Lipinski definition) is 5. The van der Waals surface area contributed by atoms with Crippen molar-refractivity contribution in [3.63, 3.8) is 0 Å². The molecule has 1 heterocycles. The summed E-state index contributed by atoms with van der Waals surface area (Å²) < 4.78 is 5.16. The molecule has 0 aliphatic carbocycles. The van der Waals surface area contributed by atoms with Crippen LogP contribution in [0.5, 0.6) is 0 Å². The molecule has 1 fully saturated rings. The molecule has 16 heavy (non-hydrogen) atoms. The van der Waals surface area contributed by atoms with E-state index >= 15 is 0 Å². The van der Waals surface area contributed by atoms with Crippen LogP contribution in [0.1, 0.15) is 20.8 Å². The molecule has 0 radical (unpaired) electrons. The topological polar surface area (TPSA) is 119 Å². The van der Waals surface area contributed by atoms with Crippen molar-refractivity contribution in [2.75, 3.05) is 6.61 Å². The van der Waals surface area contributed by atoms with Gasteiger partial charge >= 0.3 is 0 Å². The summed E-state index contributed by atoms with van der Waals surface area (Å²) in [6.07, 6.45) is -3.79. The molecule has 1 saturated heterocycles. The molecule has 1 aliphatic rings. The average molecular weight is 233 g/mol. The Morgan fingerprint density at radius 1 is 1.31 bits per heavy atom. The molecule has 0 saturated carbocycles. The van der Waals surface area contributed by atoms with E-state index in [1.165, 1.54) is 0 Å². The lowest BCUT2D eigenvalue weighted by atomic mass is 9.94. The summed E-state index contributed by atoms with van der Waals surface area (Å²) in [7, 11) is 0. The highest BCUT2D eigenvalue weighted by Gasteiger charge is 2.41. The van der Waals surface area contributed by atoms with Crippen molar-refractivity contribution in [1.29, 1.82) is 0 Å². The van der Waals surface area contributed by atoms with Crippen LogP contribution >= 0.6 is 0 Å². The Hall–Kier alpha value is -0.850. The second-order valence-electron chi connectivity index (χ2n) is 3.24. The molecule has 3 N–H and O–H groups in total. The van der Waals surface area contributed by atoms with E-state index in [4.69, 9.17) is 15.4 Å². The standard InChI is InChI=1S/C7H13N3O4.C2H6/c1-3-5(9-10-8)7(13)6(12)4(2-11)14-3;1-2/h3-7,11-13H,2H2,1H3;1-2H3/t3-,4+,5?,6?,7?;/m0./s1.